The number of aliphatic hydroxyl groups excluding tert-OH is 6. The molecule has 108 valence electrons. The first-order valence-corrected chi connectivity index (χ1v) is 5.74. The second-order valence-corrected chi connectivity index (χ2v) is 4.73. The van der Waals surface area contributed by atoms with Crippen LogP contribution >= 0.6 is 0 Å². The molecule has 18 heavy (non-hydrogen) atoms. The molecule has 5 atom stereocenters. The van der Waals surface area contributed by atoms with Gasteiger partial charge in [-0.25, -0.2) is 0 Å². The molecule has 0 aromatic carbocycles. The van der Waals surface area contributed by atoms with Crippen LogP contribution in [0.1, 0.15) is 6.42 Å². The molecule has 0 spiro atoms. The standard InChI is InChI=1S/C10H21NO7/c12-2-5(3-13)11-6-1-10(18,4-14)9(17)8(16)7(6)15/h5-9,11-18H,1-4H2/t6-,7-,8-,9-,10-/m0/s1. The third-order valence-electron chi connectivity index (χ3n) is 3.37. The van der Waals surface area contributed by atoms with E-state index in [1.54, 1.807) is 0 Å². The zero-order valence-corrected chi connectivity index (χ0v) is 9.85. The van der Waals surface area contributed by atoms with Crippen molar-refractivity contribution in [3.05, 3.63) is 0 Å². The number of nitrogens with one attached hydrogen (secondary N) is 1. The number of hydrogen-bond acceptors (Lipinski definition) is 8. The molecule has 1 fully saturated rings. The van der Waals surface area contributed by atoms with Gasteiger partial charge in [-0.15, -0.1) is 0 Å². The van der Waals surface area contributed by atoms with Crippen molar-refractivity contribution in [2.45, 2.75) is 42.4 Å². The van der Waals surface area contributed by atoms with E-state index in [1.165, 1.54) is 0 Å². The van der Waals surface area contributed by atoms with Gasteiger partial charge in [0.15, 0.2) is 0 Å². The first-order chi connectivity index (χ1) is 8.39. The molecule has 0 aromatic heterocycles. The minimum absolute atomic E-state index is 0.223. The number of hydrogen-bond donors (Lipinski definition) is 8. The number of rotatable bonds is 5. The Morgan fingerprint density at radius 3 is 2.06 bits per heavy atom. The van der Waals surface area contributed by atoms with Crippen LogP contribution in [0.15, 0.2) is 0 Å². The zero-order valence-electron chi connectivity index (χ0n) is 9.85. The first-order valence-electron chi connectivity index (χ1n) is 5.74. The van der Waals surface area contributed by atoms with E-state index < -0.39 is 55.8 Å². The summed E-state index contributed by atoms with van der Waals surface area (Å²) in [5.41, 5.74) is -1.94. The van der Waals surface area contributed by atoms with Gasteiger partial charge >= 0.3 is 0 Å². The van der Waals surface area contributed by atoms with Crippen molar-refractivity contribution in [1.29, 1.82) is 0 Å². The molecular weight excluding hydrogens is 246 g/mol. The summed E-state index contributed by atoms with van der Waals surface area (Å²) < 4.78 is 0. The van der Waals surface area contributed by atoms with E-state index in [9.17, 15) is 20.4 Å². The van der Waals surface area contributed by atoms with Gasteiger partial charge in [0.1, 0.15) is 17.8 Å². The Bertz CT molecular complexity index is 263. The van der Waals surface area contributed by atoms with Crippen molar-refractivity contribution in [3.63, 3.8) is 0 Å². The van der Waals surface area contributed by atoms with Crippen LogP contribution in [0.2, 0.25) is 0 Å². The quantitative estimate of drug-likeness (QED) is 0.248. The first kappa shape index (κ1) is 15.7. The van der Waals surface area contributed by atoms with E-state index in [0.29, 0.717) is 0 Å². The van der Waals surface area contributed by atoms with Crippen molar-refractivity contribution < 1.29 is 35.7 Å². The molecule has 1 saturated carbocycles. The van der Waals surface area contributed by atoms with Crippen molar-refractivity contribution in [2.75, 3.05) is 19.8 Å². The Morgan fingerprint density at radius 2 is 1.61 bits per heavy atom. The zero-order chi connectivity index (χ0) is 13.9. The minimum atomic E-state index is -1.94. The third kappa shape index (κ3) is 2.98. The molecule has 8 heteroatoms. The SMILES string of the molecule is OCC(CO)N[C@H]1C[C@](O)(CO)[C@@H](O)[C@@H](O)[C@H]1O. The molecule has 8 nitrogen and oxygen atoms in total. The van der Waals surface area contributed by atoms with Gasteiger partial charge in [-0.3, -0.25) is 0 Å². The fourth-order valence-electron chi connectivity index (χ4n) is 2.15. The van der Waals surface area contributed by atoms with Crippen LogP contribution in [-0.2, 0) is 0 Å². The Balaban J connectivity index is 2.79. The van der Waals surface area contributed by atoms with Crippen LogP contribution in [0.25, 0.3) is 0 Å². The van der Waals surface area contributed by atoms with E-state index in [0.717, 1.165) is 0 Å². The minimum Gasteiger partial charge on any atom is -0.395 e. The van der Waals surface area contributed by atoms with E-state index >= 15 is 0 Å². The van der Waals surface area contributed by atoms with Gasteiger partial charge in [0, 0.05) is 6.04 Å². The van der Waals surface area contributed by atoms with Crippen LogP contribution in [-0.4, -0.2) is 91.6 Å². The van der Waals surface area contributed by atoms with E-state index in [2.05, 4.69) is 5.32 Å². The van der Waals surface area contributed by atoms with Crippen LogP contribution in [0.4, 0.5) is 0 Å². The monoisotopic (exact) mass is 267 g/mol. The fraction of sp³-hybridized carbons (Fsp3) is 1.00. The van der Waals surface area contributed by atoms with Crippen molar-refractivity contribution in [2.24, 2.45) is 0 Å². The fourth-order valence-corrected chi connectivity index (χ4v) is 2.15. The molecule has 0 heterocycles. The summed E-state index contributed by atoms with van der Waals surface area (Å²) in [7, 11) is 0. The van der Waals surface area contributed by atoms with Crippen molar-refractivity contribution in [1.82, 2.24) is 5.32 Å². The summed E-state index contributed by atoms with van der Waals surface area (Å²) in [6.07, 6.45) is -4.91. The van der Waals surface area contributed by atoms with Gasteiger partial charge in [0.2, 0.25) is 0 Å². The normalized spacial score (nSPS) is 41.3. The third-order valence-corrected chi connectivity index (χ3v) is 3.37. The molecule has 0 aromatic rings. The Morgan fingerprint density at radius 1 is 1.06 bits per heavy atom. The molecule has 0 unspecified atom stereocenters. The summed E-state index contributed by atoms with van der Waals surface area (Å²) in [4.78, 5) is 0. The summed E-state index contributed by atoms with van der Waals surface area (Å²) in [6, 6.07) is -1.60. The van der Waals surface area contributed by atoms with Crippen LogP contribution in [0.5, 0.6) is 0 Å². The molecule has 0 aliphatic heterocycles. The van der Waals surface area contributed by atoms with Gasteiger partial charge in [-0.05, 0) is 6.42 Å². The van der Waals surface area contributed by atoms with Gasteiger partial charge in [0.05, 0.1) is 32.0 Å². The Kier molecular flexibility index (Phi) is 5.44. The lowest BCUT2D eigenvalue weighted by molar-refractivity contribution is -0.207. The van der Waals surface area contributed by atoms with Gasteiger partial charge in [-0.1, -0.05) is 0 Å². The maximum Gasteiger partial charge on any atom is 0.118 e. The van der Waals surface area contributed by atoms with E-state index in [1.807, 2.05) is 0 Å². The molecule has 1 rings (SSSR count). The lowest BCUT2D eigenvalue weighted by Crippen LogP contribution is -2.68. The lowest BCUT2D eigenvalue weighted by Gasteiger charge is -2.46. The molecule has 1 aliphatic carbocycles. The molecule has 0 radical (unpaired) electrons. The Labute approximate surface area is 104 Å². The average Bonchev–Trinajstić information content (AvgIpc) is 2.39. The highest BCUT2D eigenvalue weighted by Gasteiger charge is 2.51. The maximum atomic E-state index is 9.93. The summed E-state index contributed by atoms with van der Waals surface area (Å²) in [5.74, 6) is 0. The number of aliphatic hydroxyl groups is 7. The largest absolute Gasteiger partial charge is 0.395 e. The second kappa shape index (κ2) is 6.22. The highest BCUT2D eigenvalue weighted by molar-refractivity contribution is 5.05. The summed E-state index contributed by atoms with van der Waals surface area (Å²) >= 11 is 0. The average molecular weight is 267 g/mol. The predicted octanol–water partition coefficient (Wildman–Crippen LogP) is -4.49. The van der Waals surface area contributed by atoms with E-state index in [4.69, 9.17) is 15.3 Å². The molecule has 8 N–H and O–H groups in total. The van der Waals surface area contributed by atoms with Crippen LogP contribution in [0.3, 0.4) is 0 Å². The molecule has 0 amide bonds. The van der Waals surface area contributed by atoms with Crippen molar-refractivity contribution in [3.8, 4) is 0 Å². The van der Waals surface area contributed by atoms with Crippen LogP contribution in [0, 0.1) is 0 Å². The highest BCUT2D eigenvalue weighted by Crippen LogP contribution is 2.29. The lowest BCUT2D eigenvalue weighted by atomic mass is 9.76. The molecule has 0 bridgehead atoms. The smallest absolute Gasteiger partial charge is 0.118 e. The summed E-state index contributed by atoms with van der Waals surface area (Å²) in [5, 5.41) is 68.4. The van der Waals surface area contributed by atoms with Crippen molar-refractivity contribution >= 4 is 0 Å². The topological polar surface area (TPSA) is 154 Å². The van der Waals surface area contributed by atoms with Crippen LogP contribution < -0.4 is 5.32 Å². The van der Waals surface area contributed by atoms with Gasteiger partial charge < -0.3 is 41.1 Å². The maximum absolute atomic E-state index is 9.93. The van der Waals surface area contributed by atoms with Gasteiger partial charge in [-0.2, -0.15) is 0 Å². The van der Waals surface area contributed by atoms with Gasteiger partial charge in [0.25, 0.3) is 0 Å². The van der Waals surface area contributed by atoms with E-state index in [-0.39, 0.29) is 6.42 Å². The molecule has 1 aliphatic rings. The Hall–Kier alpha value is -0.320. The predicted molar refractivity (Wildman–Crippen MR) is 59.6 cm³/mol. The highest BCUT2D eigenvalue weighted by atomic mass is 16.4. The summed E-state index contributed by atoms with van der Waals surface area (Å²) in [6.45, 7) is -1.56. The molecule has 0 saturated heterocycles. The second-order valence-electron chi connectivity index (χ2n) is 4.73. The molecular formula is C10H21NO7.